The normalized spacial score (nSPS) is 11.2. The van der Waals surface area contributed by atoms with Gasteiger partial charge in [-0.1, -0.05) is 42.5 Å². The standard InChI is InChI=1S/C24H20N4/c1-28-12-9-18-7-8-19(13-23(18)28)21-14-20(15-22-24(21)26-11-10-25-22)27-16-17-5-3-2-4-6-17/h2-15,27H,16H2,1H3. The molecule has 4 heteroatoms. The van der Waals surface area contributed by atoms with Gasteiger partial charge in [0.05, 0.1) is 11.0 Å². The van der Waals surface area contributed by atoms with Gasteiger partial charge in [0.15, 0.2) is 0 Å². The number of aromatic nitrogens is 3. The second-order valence-electron chi connectivity index (χ2n) is 6.99. The summed E-state index contributed by atoms with van der Waals surface area (Å²) in [4.78, 5) is 9.16. The Labute approximate surface area is 163 Å². The summed E-state index contributed by atoms with van der Waals surface area (Å²) in [5, 5.41) is 4.77. The number of fused-ring (bicyclic) bond motifs is 2. The van der Waals surface area contributed by atoms with Gasteiger partial charge in [-0.3, -0.25) is 9.97 Å². The third-order valence-corrected chi connectivity index (χ3v) is 5.11. The Morgan fingerprint density at radius 2 is 1.75 bits per heavy atom. The number of benzene rings is 3. The fourth-order valence-electron chi connectivity index (χ4n) is 3.63. The van der Waals surface area contributed by atoms with Gasteiger partial charge in [-0.2, -0.15) is 0 Å². The van der Waals surface area contributed by atoms with Crippen LogP contribution in [-0.2, 0) is 13.6 Å². The van der Waals surface area contributed by atoms with Crippen molar-refractivity contribution >= 4 is 27.6 Å². The molecule has 3 aromatic carbocycles. The number of aryl methyl sites for hydroxylation is 1. The molecule has 0 bridgehead atoms. The van der Waals surface area contributed by atoms with E-state index < -0.39 is 0 Å². The van der Waals surface area contributed by atoms with E-state index in [0.717, 1.165) is 34.4 Å². The number of anilines is 1. The number of hydrogen-bond acceptors (Lipinski definition) is 3. The lowest BCUT2D eigenvalue weighted by Crippen LogP contribution is -2.00. The van der Waals surface area contributed by atoms with Crippen LogP contribution in [0, 0.1) is 0 Å². The molecule has 0 spiro atoms. The molecule has 0 saturated heterocycles. The molecule has 0 fully saturated rings. The highest BCUT2D eigenvalue weighted by molar-refractivity contribution is 5.97. The van der Waals surface area contributed by atoms with Gasteiger partial charge in [-0.05, 0) is 40.8 Å². The molecule has 2 heterocycles. The second kappa shape index (κ2) is 6.82. The lowest BCUT2D eigenvalue weighted by Gasteiger charge is -2.12. The van der Waals surface area contributed by atoms with Gasteiger partial charge >= 0.3 is 0 Å². The van der Waals surface area contributed by atoms with Crippen molar-refractivity contribution in [2.45, 2.75) is 6.54 Å². The quantitative estimate of drug-likeness (QED) is 0.464. The third kappa shape index (κ3) is 2.99. The Morgan fingerprint density at radius 1 is 0.893 bits per heavy atom. The van der Waals surface area contributed by atoms with Crippen LogP contribution in [0.15, 0.2) is 85.3 Å². The molecule has 136 valence electrons. The highest BCUT2D eigenvalue weighted by Crippen LogP contribution is 2.32. The van der Waals surface area contributed by atoms with Gasteiger partial charge in [-0.15, -0.1) is 0 Å². The minimum Gasteiger partial charge on any atom is -0.381 e. The number of hydrogen-bond donors (Lipinski definition) is 1. The maximum Gasteiger partial charge on any atom is 0.0966 e. The molecule has 0 radical (unpaired) electrons. The molecule has 1 N–H and O–H groups in total. The Balaban J connectivity index is 1.60. The first-order valence-electron chi connectivity index (χ1n) is 9.36. The summed E-state index contributed by atoms with van der Waals surface area (Å²) < 4.78 is 2.14. The van der Waals surface area contributed by atoms with Crippen molar-refractivity contribution in [3.63, 3.8) is 0 Å². The summed E-state index contributed by atoms with van der Waals surface area (Å²) in [5.74, 6) is 0. The predicted molar refractivity (Wildman–Crippen MR) is 115 cm³/mol. The monoisotopic (exact) mass is 364 g/mol. The van der Waals surface area contributed by atoms with Gasteiger partial charge < -0.3 is 9.88 Å². The van der Waals surface area contributed by atoms with Crippen LogP contribution in [0.25, 0.3) is 33.1 Å². The summed E-state index contributed by atoms with van der Waals surface area (Å²) in [7, 11) is 2.07. The molecule has 5 rings (SSSR count). The van der Waals surface area contributed by atoms with Gasteiger partial charge in [0.1, 0.15) is 0 Å². The lowest BCUT2D eigenvalue weighted by atomic mass is 10.0. The van der Waals surface area contributed by atoms with Gasteiger partial charge in [0, 0.05) is 49.0 Å². The Morgan fingerprint density at radius 3 is 2.64 bits per heavy atom. The average molecular weight is 364 g/mol. The van der Waals surface area contributed by atoms with E-state index in [1.54, 1.807) is 12.4 Å². The van der Waals surface area contributed by atoms with Crippen LogP contribution in [0.5, 0.6) is 0 Å². The van der Waals surface area contributed by atoms with Crippen molar-refractivity contribution in [3.05, 3.63) is 90.9 Å². The molecular weight excluding hydrogens is 344 g/mol. The van der Waals surface area contributed by atoms with E-state index in [1.165, 1.54) is 16.5 Å². The first kappa shape index (κ1) is 16.5. The van der Waals surface area contributed by atoms with Crippen LogP contribution in [-0.4, -0.2) is 14.5 Å². The van der Waals surface area contributed by atoms with Crippen LogP contribution in [0.2, 0.25) is 0 Å². The summed E-state index contributed by atoms with van der Waals surface area (Å²) in [6.45, 7) is 0.767. The van der Waals surface area contributed by atoms with Gasteiger partial charge in [0.2, 0.25) is 0 Å². The third-order valence-electron chi connectivity index (χ3n) is 5.11. The van der Waals surface area contributed by atoms with Crippen LogP contribution in [0.3, 0.4) is 0 Å². The smallest absolute Gasteiger partial charge is 0.0966 e. The van der Waals surface area contributed by atoms with E-state index in [4.69, 9.17) is 0 Å². The average Bonchev–Trinajstić information content (AvgIpc) is 3.12. The van der Waals surface area contributed by atoms with E-state index in [9.17, 15) is 0 Å². The minimum atomic E-state index is 0.767. The molecule has 5 aromatic rings. The molecule has 28 heavy (non-hydrogen) atoms. The van der Waals surface area contributed by atoms with E-state index in [-0.39, 0.29) is 0 Å². The molecular formula is C24H20N4. The van der Waals surface area contributed by atoms with Crippen LogP contribution < -0.4 is 5.32 Å². The molecule has 0 unspecified atom stereocenters. The van der Waals surface area contributed by atoms with E-state index in [0.29, 0.717) is 0 Å². The van der Waals surface area contributed by atoms with Gasteiger partial charge in [0.25, 0.3) is 0 Å². The lowest BCUT2D eigenvalue weighted by molar-refractivity contribution is 0.969. The van der Waals surface area contributed by atoms with Crippen molar-refractivity contribution in [2.75, 3.05) is 5.32 Å². The van der Waals surface area contributed by atoms with Crippen molar-refractivity contribution < 1.29 is 0 Å². The highest BCUT2D eigenvalue weighted by atomic mass is 14.9. The zero-order valence-corrected chi connectivity index (χ0v) is 15.6. The molecule has 0 aliphatic rings. The summed E-state index contributed by atoms with van der Waals surface area (Å²) in [6.07, 6.45) is 5.58. The molecule has 0 atom stereocenters. The first-order valence-corrected chi connectivity index (χ1v) is 9.36. The fourth-order valence-corrected chi connectivity index (χ4v) is 3.63. The SMILES string of the molecule is Cn1ccc2ccc(-c3cc(NCc4ccccc4)cc4nccnc34)cc21. The molecule has 0 aliphatic carbocycles. The highest BCUT2D eigenvalue weighted by Gasteiger charge is 2.10. The summed E-state index contributed by atoms with van der Waals surface area (Å²) >= 11 is 0. The molecule has 2 aromatic heterocycles. The zero-order valence-electron chi connectivity index (χ0n) is 15.6. The van der Waals surface area contributed by atoms with Crippen molar-refractivity contribution in [2.24, 2.45) is 7.05 Å². The Kier molecular flexibility index (Phi) is 4.02. The van der Waals surface area contributed by atoms with Crippen LogP contribution >= 0.6 is 0 Å². The molecule has 0 amide bonds. The maximum atomic E-state index is 4.61. The van der Waals surface area contributed by atoms with E-state index in [1.807, 2.05) is 6.07 Å². The second-order valence-corrected chi connectivity index (χ2v) is 6.99. The van der Waals surface area contributed by atoms with Crippen molar-refractivity contribution in [3.8, 4) is 11.1 Å². The first-order chi connectivity index (χ1) is 13.8. The molecule has 0 saturated carbocycles. The van der Waals surface area contributed by atoms with Gasteiger partial charge in [-0.25, -0.2) is 0 Å². The predicted octanol–water partition coefficient (Wildman–Crippen LogP) is 5.40. The number of nitrogens with one attached hydrogen (secondary N) is 1. The maximum absolute atomic E-state index is 4.61. The fraction of sp³-hybridized carbons (Fsp3) is 0.0833. The molecule has 0 aliphatic heterocycles. The van der Waals surface area contributed by atoms with Crippen molar-refractivity contribution in [1.29, 1.82) is 0 Å². The van der Waals surface area contributed by atoms with E-state index in [2.05, 4.69) is 93.8 Å². The van der Waals surface area contributed by atoms with Crippen LogP contribution in [0.4, 0.5) is 5.69 Å². The largest absolute Gasteiger partial charge is 0.381 e. The van der Waals surface area contributed by atoms with E-state index >= 15 is 0 Å². The number of rotatable bonds is 4. The zero-order chi connectivity index (χ0) is 18.9. The molecule has 4 nitrogen and oxygen atoms in total. The summed E-state index contributed by atoms with van der Waals surface area (Å²) in [6, 6.07) is 23.3. The minimum absolute atomic E-state index is 0.767. The topological polar surface area (TPSA) is 42.7 Å². The Bertz CT molecular complexity index is 1270. The summed E-state index contributed by atoms with van der Waals surface area (Å²) in [5.41, 5.74) is 7.53. The van der Waals surface area contributed by atoms with Crippen molar-refractivity contribution in [1.82, 2.24) is 14.5 Å². The van der Waals surface area contributed by atoms with Crippen LogP contribution in [0.1, 0.15) is 5.56 Å². The Hall–Kier alpha value is -3.66. The number of nitrogens with zero attached hydrogens (tertiary/aromatic N) is 3.